The normalized spacial score (nSPS) is 14.6. The number of nitrogens with one attached hydrogen (secondary N) is 3. The summed E-state index contributed by atoms with van der Waals surface area (Å²) >= 11 is -0.295. The van der Waals surface area contributed by atoms with E-state index in [0.29, 0.717) is 13.0 Å². The van der Waals surface area contributed by atoms with E-state index in [2.05, 4.69) is 70.1 Å². The Morgan fingerprint density at radius 2 is 1.72 bits per heavy atom. The third kappa shape index (κ3) is 6.10. The minimum absolute atomic E-state index is 0.0435. The third-order valence-electron chi connectivity index (χ3n) is 5.59. The summed E-state index contributed by atoms with van der Waals surface area (Å²) in [6.07, 6.45) is 2.28. The molecule has 2 aromatic carbocycles. The Labute approximate surface area is 201 Å². The van der Waals surface area contributed by atoms with Crippen LogP contribution in [0.3, 0.4) is 0 Å². The second-order valence-corrected chi connectivity index (χ2v) is 10.6. The van der Waals surface area contributed by atoms with Crippen LogP contribution >= 0.6 is 21.0 Å². The van der Waals surface area contributed by atoms with Gasteiger partial charge < -0.3 is 4.90 Å². The molecule has 7 heteroatoms. The molecule has 3 N–H and O–H groups in total. The lowest BCUT2D eigenvalue weighted by atomic mass is 9.96. The van der Waals surface area contributed by atoms with Crippen molar-refractivity contribution in [1.82, 2.24) is 19.5 Å². The fourth-order valence-electron chi connectivity index (χ4n) is 4.07. The smallest absolute Gasteiger partial charge is 0.223 e. The number of unbranched alkanes of at least 4 members (excludes halogenated alkanes) is 1. The van der Waals surface area contributed by atoms with Crippen molar-refractivity contribution >= 4 is 36.3 Å². The van der Waals surface area contributed by atoms with Gasteiger partial charge in [-0.05, 0) is 36.0 Å². The molecule has 0 fully saturated rings. The molecule has 172 valence electrons. The standard InChI is InChI=1S/C25H33IN4O2/c1-5-6-11-23(32)30(24(17(2)3)18(4)31)16-19-12-14-20(15-13-19)21-9-7-8-10-22(21)25-26-28-29-27-25/h7-10,12-15,17,24,27-29H,5-6,11,16H2,1-4H3/t24-/m0/s1. The van der Waals surface area contributed by atoms with Crippen LogP contribution in [0.5, 0.6) is 0 Å². The van der Waals surface area contributed by atoms with Crippen LogP contribution in [0.2, 0.25) is 0 Å². The van der Waals surface area contributed by atoms with Gasteiger partial charge in [-0.25, -0.2) is 5.43 Å². The van der Waals surface area contributed by atoms with Gasteiger partial charge in [0.25, 0.3) is 0 Å². The summed E-state index contributed by atoms with van der Waals surface area (Å²) in [5.74, 6) is 0.176. The highest BCUT2D eigenvalue weighted by Crippen LogP contribution is 2.27. The first-order valence-electron chi connectivity index (χ1n) is 11.2. The number of nitrogens with zero attached hydrogens (tertiary/aromatic N) is 1. The average molecular weight is 548 g/mol. The molecule has 1 aliphatic heterocycles. The molecule has 1 aliphatic rings. The zero-order valence-corrected chi connectivity index (χ0v) is 21.4. The Hall–Kier alpha value is -1.94. The highest BCUT2D eigenvalue weighted by Gasteiger charge is 2.29. The van der Waals surface area contributed by atoms with E-state index in [1.807, 2.05) is 13.8 Å². The Kier molecular flexibility index (Phi) is 9.10. The Balaban J connectivity index is 1.85. The minimum atomic E-state index is -0.395. The van der Waals surface area contributed by atoms with E-state index >= 15 is 0 Å². The summed E-state index contributed by atoms with van der Waals surface area (Å²) in [4.78, 5) is 27.2. The van der Waals surface area contributed by atoms with E-state index in [0.717, 1.165) is 24.0 Å². The third-order valence-corrected chi connectivity index (χ3v) is 7.52. The van der Waals surface area contributed by atoms with Gasteiger partial charge in [0.1, 0.15) is 0 Å². The zero-order chi connectivity index (χ0) is 23.1. The van der Waals surface area contributed by atoms with Gasteiger partial charge in [0.05, 0.1) is 9.67 Å². The van der Waals surface area contributed by atoms with Gasteiger partial charge in [-0.2, -0.15) is 9.17 Å². The molecule has 1 heterocycles. The lowest BCUT2D eigenvalue weighted by Gasteiger charge is -2.33. The number of carbonyl (C=O) groups is 2. The predicted octanol–water partition coefficient (Wildman–Crippen LogP) is 4.46. The number of benzene rings is 2. The van der Waals surface area contributed by atoms with Gasteiger partial charge in [0.2, 0.25) is 5.91 Å². The lowest BCUT2D eigenvalue weighted by molar-refractivity contribution is -0.141. The number of hydrogen-bond acceptors (Lipinski definition) is 5. The Bertz CT molecular complexity index is 972. The number of hydrogen-bond donors (Lipinski definition) is 3. The van der Waals surface area contributed by atoms with E-state index in [4.69, 9.17) is 0 Å². The summed E-state index contributed by atoms with van der Waals surface area (Å²) in [5, 5.41) is 0. The van der Waals surface area contributed by atoms with Crippen LogP contribution in [-0.2, 0) is 16.1 Å². The van der Waals surface area contributed by atoms with Gasteiger partial charge in [0, 0.05) is 39.5 Å². The SMILES string of the molecule is CCCCC(=O)N(Cc1ccc(-c2ccccc2C2=INNN2)cc1)[C@H](C(C)=O)C(C)C. The molecule has 6 nitrogen and oxygen atoms in total. The molecule has 0 spiro atoms. The zero-order valence-electron chi connectivity index (χ0n) is 19.2. The number of carbonyl (C=O) groups excluding carboxylic acids is 2. The first-order valence-corrected chi connectivity index (χ1v) is 13.3. The van der Waals surface area contributed by atoms with Crippen LogP contribution in [0.15, 0.2) is 48.5 Å². The molecular formula is C25H33IN4O2. The van der Waals surface area contributed by atoms with Crippen molar-refractivity contribution in [2.45, 2.75) is 59.5 Å². The first kappa shape index (κ1) is 24.7. The van der Waals surface area contributed by atoms with Crippen LogP contribution in [0.1, 0.15) is 58.1 Å². The number of hydrazine groups is 2. The topological polar surface area (TPSA) is 73.5 Å². The van der Waals surface area contributed by atoms with Crippen molar-refractivity contribution in [2.24, 2.45) is 5.92 Å². The summed E-state index contributed by atoms with van der Waals surface area (Å²) in [5.41, 5.74) is 10.7. The van der Waals surface area contributed by atoms with Crippen molar-refractivity contribution in [3.05, 3.63) is 59.7 Å². The number of amides is 1. The predicted molar refractivity (Wildman–Crippen MR) is 139 cm³/mol. The van der Waals surface area contributed by atoms with Crippen LogP contribution < -0.4 is 14.6 Å². The summed E-state index contributed by atoms with van der Waals surface area (Å²) < 4.78 is 4.39. The fourth-order valence-corrected chi connectivity index (χ4v) is 5.64. The van der Waals surface area contributed by atoms with E-state index in [-0.39, 0.29) is 38.6 Å². The van der Waals surface area contributed by atoms with Crippen LogP contribution in [0.4, 0.5) is 0 Å². The van der Waals surface area contributed by atoms with Crippen molar-refractivity contribution in [3.63, 3.8) is 0 Å². The molecule has 0 saturated carbocycles. The molecule has 0 aliphatic carbocycles. The van der Waals surface area contributed by atoms with Gasteiger partial charge in [-0.1, -0.05) is 75.7 Å². The van der Waals surface area contributed by atoms with E-state index in [1.165, 1.54) is 14.8 Å². The van der Waals surface area contributed by atoms with E-state index in [1.54, 1.807) is 11.8 Å². The number of ketones is 1. The fraction of sp³-hybridized carbons (Fsp3) is 0.400. The molecule has 1 atom stereocenters. The number of halogens is 1. The lowest BCUT2D eigenvalue weighted by Crippen LogP contribution is -2.46. The van der Waals surface area contributed by atoms with Crippen LogP contribution in [-0.4, -0.2) is 26.3 Å². The van der Waals surface area contributed by atoms with Crippen molar-refractivity contribution < 1.29 is 9.59 Å². The molecule has 3 rings (SSSR count). The molecule has 0 saturated heterocycles. The van der Waals surface area contributed by atoms with Gasteiger partial charge in [-0.15, -0.1) is 0 Å². The maximum atomic E-state index is 13.0. The molecule has 32 heavy (non-hydrogen) atoms. The van der Waals surface area contributed by atoms with E-state index in [9.17, 15) is 9.59 Å². The second-order valence-electron chi connectivity index (χ2n) is 8.42. The van der Waals surface area contributed by atoms with Crippen molar-refractivity contribution in [2.75, 3.05) is 0 Å². The molecule has 0 unspecified atom stereocenters. The van der Waals surface area contributed by atoms with Gasteiger partial charge in [0.15, 0.2) is 5.78 Å². The quantitative estimate of drug-likeness (QED) is 0.302. The number of Topliss-reactive ketones (excluding diaryl/α,β-unsaturated/α-hetero) is 1. The maximum absolute atomic E-state index is 13.0. The molecule has 0 radical (unpaired) electrons. The molecule has 0 aromatic heterocycles. The summed E-state index contributed by atoms with van der Waals surface area (Å²) in [6, 6.07) is 16.3. The first-order chi connectivity index (χ1) is 15.4. The molecule has 0 bridgehead atoms. The monoisotopic (exact) mass is 548 g/mol. The maximum Gasteiger partial charge on any atom is 0.223 e. The minimum Gasteiger partial charge on any atom is -0.328 e. The van der Waals surface area contributed by atoms with Gasteiger partial charge in [-0.3, -0.25) is 9.59 Å². The largest absolute Gasteiger partial charge is 0.328 e. The van der Waals surface area contributed by atoms with Crippen LogP contribution in [0, 0.1) is 5.92 Å². The van der Waals surface area contributed by atoms with E-state index < -0.39 is 6.04 Å². The molecule has 2 aromatic rings. The number of rotatable bonds is 10. The average Bonchev–Trinajstić information content (AvgIpc) is 3.32. The second kappa shape index (κ2) is 11.8. The highest BCUT2D eigenvalue weighted by molar-refractivity contribution is 14.2. The molecule has 1 amide bonds. The molecular weight excluding hydrogens is 515 g/mol. The van der Waals surface area contributed by atoms with Crippen molar-refractivity contribution in [3.8, 4) is 11.1 Å². The van der Waals surface area contributed by atoms with Crippen LogP contribution in [0.25, 0.3) is 11.1 Å². The van der Waals surface area contributed by atoms with Gasteiger partial charge >= 0.3 is 0 Å². The highest BCUT2D eigenvalue weighted by atomic mass is 127. The summed E-state index contributed by atoms with van der Waals surface area (Å²) in [6.45, 7) is 8.13. The van der Waals surface area contributed by atoms with Crippen molar-refractivity contribution in [1.29, 1.82) is 0 Å². The Morgan fingerprint density at radius 3 is 2.28 bits per heavy atom. The Morgan fingerprint density at radius 1 is 1.03 bits per heavy atom. The summed E-state index contributed by atoms with van der Waals surface area (Å²) in [7, 11) is 0.